The van der Waals surface area contributed by atoms with Gasteiger partial charge in [-0.3, -0.25) is 0 Å². The topological polar surface area (TPSA) is 87.5 Å². The summed E-state index contributed by atoms with van der Waals surface area (Å²) in [5.74, 6) is -0.0756. The van der Waals surface area contributed by atoms with Gasteiger partial charge in [0.1, 0.15) is 6.61 Å². The van der Waals surface area contributed by atoms with E-state index in [1.165, 1.54) is 0 Å². The minimum atomic E-state index is -4.20. The van der Waals surface area contributed by atoms with Crippen LogP contribution in [-0.4, -0.2) is 29.9 Å². The van der Waals surface area contributed by atoms with Crippen molar-refractivity contribution in [3.63, 3.8) is 0 Å². The predicted octanol–water partition coefficient (Wildman–Crippen LogP) is 3.85. The van der Waals surface area contributed by atoms with Crippen LogP contribution in [0.3, 0.4) is 0 Å². The van der Waals surface area contributed by atoms with Gasteiger partial charge in [-0.15, -0.1) is 0 Å². The monoisotopic (exact) mass is 440 g/mol. The lowest BCUT2D eigenvalue weighted by atomic mass is 9.84. The Balaban J connectivity index is 1.51. The van der Waals surface area contributed by atoms with Crippen molar-refractivity contribution in [1.29, 1.82) is 0 Å². The largest absolute Gasteiger partial charge is 0.464 e. The van der Waals surface area contributed by atoms with Crippen molar-refractivity contribution in [1.82, 2.24) is 9.55 Å². The highest BCUT2D eigenvalue weighted by molar-refractivity contribution is 8.05. The van der Waals surface area contributed by atoms with Crippen molar-refractivity contribution in [2.24, 2.45) is 13.0 Å². The molecule has 0 spiro atoms. The fourth-order valence-electron chi connectivity index (χ4n) is 3.88. The van der Waals surface area contributed by atoms with Gasteiger partial charge in [0.2, 0.25) is 0 Å². The zero-order valence-corrected chi connectivity index (χ0v) is 18.0. The minimum Gasteiger partial charge on any atom is -0.464 e. The van der Waals surface area contributed by atoms with Crippen molar-refractivity contribution < 1.29 is 22.7 Å². The summed E-state index contributed by atoms with van der Waals surface area (Å²) in [6, 6.07) is 16.8. The number of aryl methyl sites for hydroxylation is 1. The van der Waals surface area contributed by atoms with Crippen LogP contribution in [0.4, 0.5) is 4.79 Å². The Hall–Kier alpha value is -3.13. The Morgan fingerprint density at radius 2 is 1.87 bits per heavy atom. The number of hydrogen-bond donors (Lipinski definition) is 0. The summed E-state index contributed by atoms with van der Waals surface area (Å²) in [7, 11) is -2.37. The van der Waals surface area contributed by atoms with Gasteiger partial charge in [0.25, 0.3) is 15.8 Å². The van der Waals surface area contributed by atoms with Gasteiger partial charge in [0.05, 0.1) is 11.9 Å². The molecule has 1 heterocycles. The van der Waals surface area contributed by atoms with Gasteiger partial charge in [-0.2, -0.15) is 0 Å². The molecule has 2 aromatic carbocycles. The molecule has 0 radical (unpaired) electrons. The Bertz CT molecular complexity index is 1160. The number of carbonyl (C=O) groups excluding carboxylic acids is 1. The Kier molecular flexibility index (Phi) is 6.08. The number of carbonyl (C=O) groups is 1. The number of imidazole rings is 1. The maximum Gasteiger partial charge on any atom is 0.425 e. The van der Waals surface area contributed by atoms with Crippen LogP contribution >= 0.6 is 0 Å². The first-order valence-corrected chi connectivity index (χ1v) is 11.6. The second kappa shape index (κ2) is 8.93. The number of rotatable bonds is 6. The molecular weight excluding hydrogens is 416 g/mol. The molecule has 0 N–H and O–H groups in total. The molecule has 4 rings (SSSR count). The molecule has 8 heteroatoms. The molecule has 0 fully saturated rings. The maximum absolute atomic E-state index is 13.2. The molecule has 1 unspecified atom stereocenters. The molecule has 0 aliphatic heterocycles. The normalized spacial score (nSPS) is 18.2. The van der Waals surface area contributed by atoms with E-state index in [1.807, 2.05) is 25.2 Å². The van der Waals surface area contributed by atoms with Gasteiger partial charge < -0.3 is 14.0 Å². The summed E-state index contributed by atoms with van der Waals surface area (Å²) in [6.07, 6.45) is 4.37. The number of aromatic nitrogens is 2. The summed E-state index contributed by atoms with van der Waals surface area (Å²) in [6.45, 7) is 0.225. The maximum atomic E-state index is 13.2. The first-order chi connectivity index (χ1) is 14.9. The molecule has 31 heavy (non-hydrogen) atoms. The van der Waals surface area contributed by atoms with Crippen molar-refractivity contribution in [2.75, 3.05) is 6.61 Å². The van der Waals surface area contributed by atoms with Crippen LogP contribution in [0.25, 0.3) is 0 Å². The van der Waals surface area contributed by atoms with E-state index in [1.54, 1.807) is 53.4 Å². The molecule has 0 saturated carbocycles. The third kappa shape index (κ3) is 4.64. The van der Waals surface area contributed by atoms with Crippen molar-refractivity contribution in [3.8, 4) is 6.01 Å². The number of benzene rings is 2. The smallest absolute Gasteiger partial charge is 0.425 e. The number of fused-ring (bicyclic) bond motifs is 1. The van der Waals surface area contributed by atoms with E-state index in [0.29, 0.717) is 24.6 Å². The molecule has 7 nitrogen and oxygen atoms in total. The average Bonchev–Trinajstić information content (AvgIpc) is 3.20. The second-order valence-corrected chi connectivity index (χ2v) is 9.69. The zero-order valence-electron chi connectivity index (χ0n) is 17.2. The molecule has 162 valence electrons. The van der Waals surface area contributed by atoms with Crippen LogP contribution in [0, 0.1) is 5.92 Å². The Morgan fingerprint density at radius 1 is 1.13 bits per heavy atom. The lowest BCUT2D eigenvalue weighted by molar-refractivity contribution is 0.165. The summed E-state index contributed by atoms with van der Waals surface area (Å²) < 4.78 is 39.1. The van der Waals surface area contributed by atoms with Crippen LogP contribution in [0.5, 0.6) is 6.01 Å². The van der Waals surface area contributed by atoms with Gasteiger partial charge in [0.15, 0.2) is 0 Å². The number of nitrogens with zero attached hydrogens (tertiary/aromatic N) is 2. The van der Waals surface area contributed by atoms with Gasteiger partial charge in [0, 0.05) is 19.4 Å². The number of ether oxygens (including phenoxy) is 2. The number of sulfone groups is 1. The number of hydrogen-bond acceptors (Lipinski definition) is 6. The molecule has 0 bridgehead atoms. The van der Waals surface area contributed by atoms with Crippen molar-refractivity contribution in [3.05, 3.63) is 83.7 Å². The van der Waals surface area contributed by atoms with E-state index in [0.717, 1.165) is 11.1 Å². The Morgan fingerprint density at radius 3 is 2.61 bits per heavy atom. The summed E-state index contributed by atoms with van der Waals surface area (Å²) in [5, 5.41) is -2.16. The highest BCUT2D eigenvalue weighted by Gasteiger charge is 2.41. The van der Waals surface area contributed by atoms with Crippen LogP contribution < -0.4 is 4.74 Å². The highest BCUT2D eigenvalue weighted by atomic mass is 32.2. The fourth-order valence-corrected chi connectivity index (χ4v) is 5.42. The van der Waals surface area contributed by atoms with Crippen LogP contribution in [0.15, 0.2) is 67.0 Å². The first kappa shape index (κ1) is 21.1. The molecule has 0 amide bonds. The van der Waals surface area contributed by atoms with Crippen molar-refractivity contribution in [2.45, 2.75) is 24.7 Å². The molecular formula is C23H24N2O5S. The molecule has 3 aromatic rings. The quantitative estimate of drug-likeness (QED) is 0.541. The third-order valence-electron chi connectivity index (χ3n) is 5.49. The fraction of sp³-hybridized carbons (Fsp3) is 0.304. The summed E-state index contributed by atoms with van der Waals surface area (Å²) >= 11 is 0. The van der Waals surface area contributed by atoms with Gasteiger partial charge in [-0.1, -0.05) is 54.6 Å². The zero-order chi connectivity index (χ0) is 21.8. The third-order valence-corrected chi connectivity index (χ3v) is 7.27. The van der Waals surface area contributed by atoms with E-state index >= 15 is 0 Å². The average molecular weight is 441 g/mol. The lowest BCUT2D eigenvalue weighted by Crippen LogP contribution is -2.31. The van der Waals surface area contributed by atoms with Crippen LogP contribution in [-0.2, 0) is 34.6 Å². The first-order valence-electron chi connectivity index (χ1n) is 10.1. The van der Waals surface area contributed by atoms with Gasteiger partial charge in [-0.25, -0.2) is 18.2 Å². The van der Waals surface area contributed by atoms with Crippen molar-refractivity contribution >= 4 is 15.1 Å². The van der Waals surface area contributed by atoms with E-state index < -0.39 is 20.4 Å². The van der Waals surface area contributed by atoms with E-state index in [-0.39, 0.29) is 18.9 Å². The van der Waals surface area contributed by atoms with Crippen LogP contribution in [0.2, 0.25) is 0 Å². The SMILES string of the molecule is Cn1ccnc1OC[C@@H]1Cc2ccccc2C(S(=O)(=O)C(=O)OCc2ccccc2)C1. The highest BCUT2D eigenvalue weighted by Crippen LogP contribution is 2.39. The van der Waals surface area contributed by atoms with E-state index in [2.05, 4.69) is 4.98 Å². The lowest BCUT2D eigenvalue weighted by Gasteiger charge is -2.30. The molecule has 0 saturated heterocycles. The molecule has 1 aromatic heterocycles. The standard InChI is InChI=1S/C23H24N2O5S/c1-25-12-11-24-22(25)29-16-18-13-19-9-5-6-10-20(19)21(14-18)31(27,28)23(26)30-15-17-7-3-2-4-8-17/h2-12,18,21H,13-16H2,1H3/t18-,21?/m1/s1. The minimum absolute atomic E-state index is 0.0756. The second-order valence-electron chi connectivity index (χ2n) is 7.69. The van der Waals surface area contributed by atoms with E-state index in [4.69, 9.17) is 9.47 Å². The van der Waals surface area contributed by atoms with E-state index in [9.17, 15) is 13.2 Å². The van der Waals surface area contributed by atoms with Crippen LogP contribution in [0.1, 0.15) is 28.4 Å². The molecule has 2 atom stereocenters. The van der Waals surface area contributed by atoms with Gasteiger partial charge in [-0.05, 0) is 35.4 Å². The Labute approximate surface area is 181 Å². The van der Waals surface area contributed by atoms with Gasteiger partial charge >= 0.3 is 5.30 Å². The molecule has 1 aliphatic rings. The predicted molar refractivity (Wildman–Crippen MR) is 115 cm³/mol. The molecule has 1 aliphatic carbocycles. The summed E-state index contributed by atoms with van der Waals surface area (Å²) in [4.78, 5) is 16.7. The summed E-state index contributed by atoms with van der Waals surface area (Å²) in [5.41, 5.74) is 2.30.